The van der Waals surface area contributed by atoms with Crippen molar-refractivity contribution in [3.05, 3.63) is 12.7 Å². The van der Waals surface area contributed by atoms with Gasteiger partial charge in [-0.2, -0.15) is 0 Å². The van der Waals surface area contributed by atoms with Gasteiger partial charge in [0.15, 0.2) is 0 Å². The highest BCUT2D eigenvalue weighted by molar-refractivity contribution is 5.69. The second-order valence-corrected chi connectivity index (χ2v) is 5.10. The van der Waals surface area contributed by atoms with Crippen molar-refractivity contribution in [2.75, 3.05) is 20.2 Å². The fourth-order valence-electron chi connectivity index (χ4n) is 2.64. The van der Waals surface area contributed by atoms with Gasteiger partial charge in [-0.25, -0.2) is 0 Å². The summed E-state index contributed by atoms with van der Waals surface area (Å²) in [7, 11) is 1.48. The first-order valence-electron chi connectivity index (χ1n) is 7.19. The van der Waals surface area contributed by atoms with Gasteiger partial charge in [-0.1, -0.05) is 18.9 Å². The van der Waals surface area contributed by atoms with E-state index in [1.54, 1.807) is 0 Å². The molecule has 0 aromatic carbocycles. The van der Waals surface area contributed by atoms with Crippen LogP contribution < -0.4 is 0 Å². The lowest BCUT2D eigenvalue weighted by molar-refractivity contribution is -0.142. The number of carbonyl (C=O) groups excluding carboxylic acids is 1. The van der Waals surface area contributed by atoms with E-state index in [9.17, 15) is 4.79 Å². The molecule has 0 aromatic heterocycles. The molecule has 0 aromatic rings. The average molecular weight is 253 g/mol. The normalized spacial score (nSPS) is 20.6. The van der Waals surface area contributed by atoms with E-state index in [4.69, 9.17) is 4.74 Å². The van der Waals surface area contributed by atoms with Crippen LogP contribution in [0.4, 0.5) is 0 Å². The second-order valence-electron chi connectivity index (χ2n) is 5.10. The van der Waals surface area contributed by atoms with Crippen LogP contribution in [0, 0.1) is 0 Å². The number of hydrogen-bond acceptors (Lipinski definition) is 3. The molecule has 0 spiro atoms. The van der Waals surface area contributed by atoms with Gasteiger partial charge in [-0.3, -0.25) is 9.69 Å². The monoisotopic (exact) mass is 253 g/mol. The Balaban J connectivity index is 2.25. The van der Waals surface area contributed by atoms with Gasteiger partial charge in [-0.05, 0) is 45.2 Å². The Morgan fingerprint density at radius 1 is 1.39 bits per heavy atom. The van der Waals surface area contributed by atoms with Crippen molar-refractivity contribution in [3.8, 4) is 0 Å². The maximum Gasteiger partial charge on any atom is 0.307 e. The van der Waals surface area contributed by atoms with Gasteiger partial charge in [-0.15, -0.1) is 6.58 Å². The van der Waals surface area contributed by atoms with Gasteiger partial charge < -0.3 is 4.74 Å². The number of methoxy groups -OCH3 is 1. The van der Waals surface area contributed by atoms with Crippen molar-refractivity contribution >= 4 is 5.97 Å². The highest BCUT2D eigenvalue weighted by atomic mass is 16.5. The van der Waals surface area contributed by atoms with E-state index in [0.29, 0.717) is 12.5 Å². The molecule has 1 atom stereocenters. The molecule has 0 saturated carbocycles. The fraction of sp³-hybridized carbons (Fsp3) is 0.800. The van der Waals surface area contributed by atoms with Crippen LogP contribution in [0.2, 0.25) is 0 Å². The SMILES string of the molecule is C=CCCCCCN1CCCCC1CC(=O)OC. The quantitative estimate of drug-likeness (QED) is 0.378. The lowest BCUT2D eigenvalue weighted by Crippen LogP contribution is -2.41. The summed E-state index contributed by atoms with van der Waals surface area (Å²) in [5.74, 6) is -0.0708. The van der Waals surface area contributed by atoms with Crippen molar-refractivity contribution in [2.45, 2.75) is 57.4 Å². The van der Waals surface area contributed by atoms with E-state index in [2.05, 4.69) is 11.5 Å². The van der Waals surface area contributed by atoms with Crippen molar-refractivity contribution in [1.29, 1.82) is 0 Å². The highest BCUT2D eigenvalue weighted by Crippen LogP contribution is 2.20. The minimum Gasteiger partial charge on any atom is -0.469 e. The lowest BCUT2D eigenvalue weighted by atomic mass is 9.99. The molecule has 1 saturated heterocycles. The minimum absolute atomic E-state index is 0.0708. The van der Waals surface area contributed by atoms with E-state index in [-0.39, 0.29) is 5.97 Å². The van der Waals surface area contributed by atoms with Gasteiger partial charge in [0, 0.05) is 6.04 Å². The molecule has 1 rings (SSSR count). The van der Waals surface area contributed by atoms with Gasteiger partial charge in [0.05, 0.1) is 13.5 Å². The van der Waals surface area contributed by atoms with Crippen LogP contribution in [0.5, 0.6) is 0 Å². The van der Waals surface area contributed by atoms with Crippen LogP contribution in [-0.2, 0) is 9.53 Å². The van der Waals surface area contributed by atoms with E-state index < -0.39 is 0 Å². The van der Waals surface area contributed by atoms with E-state index in [1.807, 2.05) is 6.08 Å². The van der Waals surface area contributed by atoms with E-state index >= 15 is 0 Å². The summed E-state index contributed by atoms with van der Waals surface area (Å²) in [5, 5.41) is 0. The summed E-state index contributed by atoms with van der Waals surface area (Å²) in [5.41, 5.74) is 0. The molecule has 0 N–H and O–H groups in total. The summed E-state index contributed by atoms with van der Waals surface area (Å²) in [6.45, 7) is 6.01. The molecule has 0 bridgehead atoms. The Labute approximate surface area is 111 Å². The molecule has 3 nitrogen and oxygen atoms in total. The molecule has 0 amide bonds. The average Bonchev–Trinajstić information content (AvgIpc) is 2.40. The maximum atomic E-state index is 11.4. The summed E-state index contributed by atoms with van der Waals surface area (Å²) in [4.78, 5) is 13.9. The molecule has 3 heteroatoms. The molecule has 1 aliphatic heterocycles. The Morgan fingerprint density at radius 2 is 2.22 bits per heavy atom. The molecule has 18 heavy (non-hydrogen) atoms. The lowest BCUT2D eigenvalue weighted by Gasteiger charge is -2.35. The van der Waals surface area contributed by atoms with E-state index in [0.717, 1.165) is 25.9 Å². The summed E-state index contributed by atoms with van der Waals surface area (Å²) < 4.78 is 4.78. The third-order valence-corrected chi connectivity index (χ3v) is 3.73. The van der Waals surface area contributed by atoms with Crippen LogP contribution in [0.1, 0.15) is 51.4 Å². The number of hydrogen-bond donors (Lipinski definition) is 0. The number of piperidine rings is 1. The number of ether oxygens (including phenoxy) is 1. The third kappa shape index (κ3) is 5.67. The molecular formula is C15H27NO2. The van der Waals surface area contributed by atoms with Crippen molar-refractivity contribution in [2.24, 2.45) is 0 Å². The predicted molar refractivity (Wildman–Crippen MR) is 74.5 cm³/mol. The van der Waals surface area contributed by atoms with Gasteiger partial charge in [0.25, 0.3) is 0 Å². The first-order valence-corrected chi connectivity index (χ1v) is 7.19. The van der Waals surface area contributed by atoms with Crippen LogP contribution in [0.15, 0.2) is 12.7 Å². The third-order valence-electron chi connectivity index (χ3n) is 3.73. The Kier molecular flexibility index (Phi) is 7.74. The number of esters is 1. The summed E-state index contributed by atoms with van der Waals surface area (Å²) >= 11 is 0. The smallest absolute Gasteiger partial charge is 0.307 e. The highest BCUT2D eigenvalue weighted by Gasteiger charge is 2.24. The number of unbranched alkanes of at least 4 members (excludes halogenated alkanes) is 3. The van der Waals surface area contributed by atoms with Crippen LogP contribution in [0.25, 0.3) is 0 Å². The van der Waals surface area contributed by atoms with Crippen LogP contribution in [0.3, 0.4) is 0 Å². The number of rotatable bonds is 8. The Bertz CT molecular complexity index is 253. The van der Waals surface area contributed by atoms with Gasteiger partial charge >= 0.3 is 5.97 Å². The number of likely N-dealkylation sites (tertiary alicyclic amines) is 1. The van der Waals surface area contributed by atoms with Gasteiger partial charge in [0.2, 0.25) is 0 Å². The predicted octanol–water partition coefficient (Wildman–Crippen LogP) is 3.15. The Hall–Kier alpha value is -0.830. The topological polar surface area (TPSA) is 29.5 Å². The zero-order chi connectivity index (χ0) is 13.2. The van der Waals surface area contributed by atoms with Crippen LogP contribution in [-0.4, -0.2) is 37.1 Å². The molecule has 0 aliphatic carbocycles. The summed E-state index contributed by atoms with van der Waals surface area (Å²) in [6.07, 6.45) is 11.0. The zero-order valence-corrected chi connectivity index (χ0v) is 11.7. The standard InChI is InChI=1S/C15H27NO2/c1-3-4-5-6-8-11-16-12-9-7-10-14(16)13-15(17)18-2/h3,14H,1,4-13H2,2H3. The number of carbonyl (C=O) groups is 1. The first-order chi connectivity index (χ1) is 8.77. The largest absolute Gasteiger partial charge is 0.469 e. The van der Waals surface area contributed by atoms with Crippen molar-refractivity contribution in [1.82, 2.24) is 4.90 Å². The molecule has 104 valence electrons. The second kappa shape index (κ2) is 9.15. The molecule has 1 heterocycles. The molecular weight excluding hydrogens is 226 g/mol. The van der Waals surface area contributed by atoms with Crippen molar-refractivity contribution < 1.29 is 9.53 Å². The summed E-state index contributed by atoms with van der Waals surface area (Å²) in [6, 6.07) is 0.408. The van der Waals surface area contributed by atoms with Gasteiger partial charge in [0.1, 0.15) is 0 Å². The number of allylic oxidation sites excluding steroid dienone is 1. The molecule has 1 unspecified atom stereocenters. The molecule has 1 aliphatic rings. The minimum atomic E-state index is -0.0708. The van der Waals surface area contributed by atoms with Crippen LogP contribution >= 0.6 is 0 Å². The fourth-order valence-corrected chi connectivity index (χ4v) is 2.64. The Morgan fingerprint density at radius 3 is 2.94 bits per heavy atom. The van der Waals surface area contributed by atoms with Crippen molar-refractivity contribution in [3.63, 3.8) is 0 Å². The zero-order valence-electron chi connectivity index (χ0n) is 11.7. The molecule has 0 radical (unpaired) electrons. The number of nitrogens with zero attached hydrogens (tertiary/aromatic N) is 1. The maximum absolute atomic E-state index is 11.4. The first kappa shape index (κ1) is 15.2. The molecule has 1 fully saturated rings. The van der Waals surface area contributed by atoms with E-state index in [1.165, 1.54) is 39.2 Å².